The molecule has 0 aliphatic rings. The third-order valence-corrected chi connectivity index (χ3v) is 3.59. The topological polar surface area (TPSA) is 110 Å². The Morgan fingerprint density at radius 2 is 1.70 bits per heavy atom. The van der Waals surface area contributed by atoms with E-state index in [4.69, 9.17) is 8.83 Å². The van der Waals surface area contributed by atoms with Crippen LogP contribution in [0, 0.1) is 0 Å². The number of rotatable bonds is 3. The largest absolute Gasteiger partial charge is 0.419 e. The normalized spacial score (nSPS) is 11.2. The van der Waals surface area contributed by atoms with E-state index in [1.54, 1.807) is 0 Å². The maximum Gasteiger partial charge on any atom is 0.336 e. The molecule has 0 aliphatic heterocycles. The second-order valence-electron chi connectivity index (χ2n) is 5.17. The Balaban J connectivity index is 2.62. The second-order valence-corrected chi connectivity index (χ2v) is 5.17. The first-order valence-corrected chi connectivity index (χ1v) is 7.18. The highest BCUT2D eigenvalue weighted by Crippen LogP contribution is 2.24. The van der Waals surface area contributed by atoms with E-state index in [0.29, 0.717) is 18.4 Å². The molecule has 0 aliphatic carbocycles. The van der Waals surface area contributed by atoms with Crippen LogP contribution >= 0.6 is 0 Å². The highest BCUT2D eigenvalue weighted by atomic mass is 16.4. The second kappa shape index (κ2) is 5.68. The Morgan fingerprint density at radius 1 is 1.00 bits per heavy atom. The average molecular weight is 315 g/mol. The molecule has 7 heteroatoms. The first-order chi connectivity index (χ1) is 11.0. The summed E-state index contributed by atoms with van der Waals surface area (Å²) in [5.41, 5.74) is -2.23. The van der Waals surface area contributed by atoms with Crippen LogP contribution in [0.5, 0.6) is 0 Å². The summed E-state index contributed by atoms with van der Waals surface area (Å²) in [6.07, 6.45) is 1.96. The Bertz CT molecular complexity index is 1140. The Labute approximate surface area is 128 Å². The van der Waals surface area contributed by atoms with Gasteiger partial charge in [-0.15, -0.1) is 0 Å². The van der Waals surface area contributed by atoms with E-state index in [1.807, 2.05) is 6.92 Å². The van der Waals surface area contributed by atoms with Crippen molar-refractivity contribution in [2.24, 2.45) is 0 Å². The molecule has 0 bridgehead atoms. The predicted octanol–water partition coefficient (Wildman–Crippen LogP) is 1.29. The maximum absolute atomic E-state index is 12.1. The summed E-state index contributed by atoms with van der Waals surface area (Å²) in [4.78, 5) is 49.5. The van der Waals surface area contributed by atoms with Crippen molar-refractivity contribution in [2.75, 3.05) is 0 Å². The summed E-state index contributed by atoms with van der Waals surface area (Å²) in [5, 5.41) is 0.295. The quantitative estimate of drug-likeness (QED) is 0.779. The third kappa shape index (κ3) is 2.61. The Hall–Kier alpha value is -2.96. The van der Waals surface area contributed by atoms with Gasteiger partial charge in [-0.3, -0.25) is 14.6 Å². The highest BCUT2D eigenvalue weighted by Gasteiger charge is 2.17. The first kappa shape index (κ1) is 15.0. The maximum atomic E-state index is 12.1. The monoisotopic (exact) mass is 315 g/mol. The standard InChI is InChI=1S/C16H13NO6/c1-2-3-4-8-13-9(15(20)17-16(13)21)7-10-14(8)23-12(19)6-5-11(18)22-10/h5-7H,2-4H2,1H3,(H,17,20,21). The third-order valence-electron chi connectivity index (χ3n) is 3.59. The molecule has 0 fully saturated rings. The molecule has 3 rings (SSSR count). The summed E-state index contributed by atoms with van der Waals surface area (Å²) >= 11 is 0. The van der Waals surface area contributed by atoms with Crippen LogP contribution < -0.4 is 22.4 Å². The molecule has 0 atom stereocenters. The van der Waals surface area contributed by atoms with Crippen molar-refractivity contribution in [3.63, 3.8) is 0 Å². The highest BCUT2D eigenvalue weighted by molar-refractivity contribution is 5.97. The van der Waals surface area contributed by atoms with Gasteiger partial charge in [0.05, 0.1) is 10.8 Å². The number of H-pyrrole nitrogens is 1. The zero-order valence-electron chi connectivity index (χ0n) is 12.3. The van der Waals surface area contributed by atoms with Crippen LogP contribution in [0.3, 0.4) is 0 Å². The van der Waals surface area contributed by atoms with Gasteiger partial charge in [-0.2, -0.15) is 0 Å². The van der Waals surface area contributed by atoms with Crippen LogP contribution in [0.15, 0.2) is 46.2 Å². The minimum Gasteiger partial charge on any atom is -0.419 e. The fourth-order valence-electron chi connectivity index (χ4n) is 2.56. The molecule has 0 saturated heterocycles. The lowest BCUT2D eigenvalue weighted by molar-refractivity contribution is 0.517. The van der Waals surface area contributed by atoms with E-state index in [-0.39, 0.29) is 21.9 Å². The van der Waals surface area contributed by atoms with E-state index < -0.39 is 22.4 Å². The van der Waals surface area contributed by atoms with Crippen molar-refractivity contribution >= 4 is 21.9 Å². The Morgan fingerprint density at radius 3 is 2.39 bits per heavy atom. The molecule has 0 radical (unpaired) electrons. The molecule has 0 unspecified atom stereocenters. The minimum atomic E-state index is -0.756. The van der Waals surface area contributed by atoms with E-state index in [0.717, 1.165) is 18.6 Å². The van der Waals surface area contributed by atoms with Gasteiger partial charge in [-0.1, -0.05) is 13.3 Å². The van der Waals surface area contributed by atoms with Crippen LogP contribution in [0.25, 0.3) is 21.9 Å². The molecule has 1 N–H and O–H groups in total. The van der Waals surface area contributed by atoms with Gasteiger partial charge in [0.25, 0.3) is 11.1 Å². The molecule has 23 heavy (non-hydrogen) atoms. The van der Waals surface area contributed by atoms with E-state index in [1.165, 1.54) is 6.07 Å². The van der Waals surface area contributed by atoms with Gasteiger partial charge in [0, 0.05) is 17.7 Å². The van der Waals surface area contributed by atoms with Crippen molar-refractivity contribution in [1.82, 2.24) is 4.98 Å². The van der Waals surface area contributed by atoms with Gasteiger partial charge < -0.3 is 8.83 Å². The molecule has 7 nitrogen and oxygen atoms in total. The van der Waals surface area contributed by atoms with Gasteiger partial charge in [0.2, 0.25) is 0 Å². The molecule has 2 aromatic heterocycles. The SMILES string of the molecule is CCCCc1c2oc(=O)ccc(=O)oc2cc2c(=O)[nH]c(=O)c12. The number of aromatic amines is 1. The van der Waals surface area contributed by atoms with Crippen molar-refractivity contribution in [1.29, 1.82) is 0 Å². The van der Waals surface area contributed by atoms with E-state index in [2.05, 4.69) is 4.98 Å². The zero-order valence-corrected chi connectivity index (χ0v) is 12.3. The number of unbranched alkanes of at least 4 members (excludes halogenated alkanes) is 1. The molecular weight excluding hydrogens is 302 g/mol. The summed E-state index contributed by atoms with van der Waals surface area (Å²) in [5.74, 6) is 0. The van der Waals surface area contributed by atoms with E-state index >= 15 is 0 Å². The molecule has 0 spiro atoms. The fraction of sp³-hybridized carbons (Fsp3) is 0.250. The lowest BCUT2D eigenvalue weighted by atomic mass is 10.0. The molecule has 0 saturated carbocycles. The van der Waals surface area contributed by atoms with Crippen LogP contribution in [-0.4, -0.2) is 4.98 Å². The van der Waals surface area contributed by atoms with Crippen LogP contribution in [0.4, 0.5) is 0 Å². The molecule has 1 aromatic carbocycles. The number of fused-ring (bicyclic) bond motifs is 2. The summed E-state index contributed by atoms with van der Waals surface area (Å²) in [6, 6.07) is 3.15. The van der Waals surface area contributed by atoms with Gasteiger partial charge in [0.1, 0.15) is 0 Å². The number of hydrogen-bond acceptors (Lipinski definition) is 6. The zero-order chi connectivity index (χ0) is 16.6. The summed E-state index contributed by atoms with van der Waals surface area (Å²) in [6.45, 7) is 1.97. The number of aromatic nitrogens is 1. The van der Waals surface area contributed by atoms with Crippen LogP contribution in [0.1, 0.15) is 25.3 Å². The number of hydrogen-bond donors (Lipinski definition) is 1. The molecule has 0 amide bonds. The lowest BCUT2D eigenvalue weighted by Gasteiger charge is -2.04. The number of aryl methyl sites for hydroxylation is 1. The lowest BCUT2D eigenvalue weighted by Crippen LogP contribution is -2.06. The summed E-state index contributed by atoms with van der Waals surface area (Å²) in [7, 11) is 0. The van der Waals surface area contributed by atoms with Gasteiger partial charge in [-0.05, 0) is 18.9 Å². The number of benzene rings is 1. The first-order valence-electron chi connectivity index (χ1n) is 7.18. The van der Waals surface area contributed by atoms with Crippen molar-refractivity contribution in [2.45, 2.75) is 26.2 Å². The minimum absolute atomic E-state index is 0.0183. The molecule has 118 valence electrons. The molecular formula is C16H13NO6. The van der Waals surface area contributed by atoms with Crippen molar-refractivity contribution in [3.05, 3.63) is 65.3 Å². The average Bonchev–Trinajstić information content (AvgIpc) is 2.78. The van der Waals surface area contributed by atoms with Gasteiger partial charge >= 0.3 is 11.3 Å². The van der Waals surface area contributed by atoms with Crippen molar-refractivity contribution < 1.29 is 8.83 Å². The van der Waals surface area contributed by atoms with Crippen LogP contribution in [-0.2, 0) is 6.42 Å². The smallest absolute Gasteiger partial charge is 0.336 e. The summed E-state index contributed by atoms with van der Waals surface area (Å²) < 4.78 is 10.3. The van der Waals surface area contributed by atoms with Crippen LogP contribution in [0.2, 0.25) is 0 Å². The Kier molecular flexibility index (Phi) is 3.69. The predicted molar refractivity (Wildman–Crippen MR) is 84.0 cm³/mol. The van der Waals surface area contributed by atoms with Gasteiger partial charge in [0.15, 0.2) is 11.2 Å². The molecule has 2 heterocycles. The van der Waals surface area contributed by atoms with E-state index in [9.17, 15) is 19.2 Å². The molecule has 3 aromatic rings. The number of nitrogens with one attached hydrogen (secondary N) is 1. The van der Waals surface area contributed by atoms with Crippen molar-refractivity contribution in [3.8, 4) is 0 Å². The fourth-order valence-corrected chi connectivity index (χ4v) is 2.56. The van der Waals surface area contributed by atoms with Gasteiger partial charge in [-0.25, -0.2) is 9.59 Å².